The number of carbonyl (C=O) groups excluding carboxylic acids is 1. The van der Waals surface area contributed by atoms with Crippen LogP contribution in [0.5, 0.6) is 0 Å². The van der Waals surface area contributed by atoms with E-state index in [2.05, 4.69) is 10.1 Å². The number of methoxy groups -OCH3 is 1. The fourth-order valence-corrected chi connectivity index (χ4v) is 2.57. The molecule has 2 fully saturated rings. The topological polar surface area (TPSA) is 50.8 Å². The summed E-state index contributed by atoms with van der Waals surface area (Å²) < 4.78 is 4.55. The van der Waals surface area contributed by atoms with Crippen LogP contribution in [0.1, 0.15) is 19.3 Å². The molecule has 0 radical (unpaired) electrons. The molecule has 5 nitrogen and oxygen atoms in total. The summed E-state index contributed by atoms with van der Waals surface area (Å²) in [5, 5.41) is 5.30. The van der Waals surface area contributed by atoms with Crippen molar-refractivity contribution in [3.8, 4) is 0 Å². The van der Waals surface area contributed by atoms with Crippen LogP contribution < -0.4 is 5.32 Å². The fourth-order valence-electron chi connectivity index (χ4n) is 2.57. The van der Waals surface area contributed by atoms with E-state index in [9.17, 15) is 4.79 Å². The molecule has 0 unspecified atom stereocenters. The Morgan fingerprint density at radius 2 is 2.12 bits per heavy atom. The standard InChI is InChI=1S/C11H20N2O3/c1-15-10(14)8-16-13-7-4-11(9-13)2-5-12-6-3-11/h12H,2-9H2,1H3. The minimum atomic E-state index is -0.314. The van der Waals surface area contributed by atoms with Crippen LogP contribution in [0.25, 0.3) is 0 Å². The van der Waals surface area contributed by atoms with Crippen LogP contribution >= 0.6 is 0 Å². The van der Waals surface area contributed by atoms with Crippen molar-refractivity contribution in [1.82, 2.24) is 10.4 Å². The average Bonchev–Trinajstić information content (AvgIpc) is 2.70. The van der Waals surface area contributed by atoms with Crippen molar-refractivity contribution in [2.24, 2.45) is 5.41 Å². The van der Waals surface area contributed by atoms with Gasteiger partial charge in [-0.05, 0) is 37.8 Å². The lowest BCUT2D eigenvalue weighted by atomic mass is 9.78. The van der Waals surface area contributed by atoms with E-state index in [1.807, 2.05) is 5.06 Å². The highest BCUT2D eigenvalue weighted by atomic mass is 16.7. The summed E-state index contributed by atoms with van der Waals surface area (Å²) in [6.07, 6.45) is 3.60. The summed E-state index contributed by atoms with van der Waals surface area (Å²) in [6, 6.07) is 0. The Morgan fingerprint density at radius 3 is 2.81 bits per heavy atom. The van der Waals surface area contributed by atoms with Gasteiger partial charge in [0.05, 0.1) is 7.11 Å². The van der Waals surface area contributed by atoms with Crippen molar-refractivity contribution >= 4 is 5.97 Å². The first-order valence-electron chi connectivity index (χ1n) is 5.90. The Kier molecular flexibility index (Phi) is 3.78. The van der Waals surface area contributed by atoms with Gasteiger partial charge in [-0.25, -0.2) is 4.79 Å². The lowest BCUT2D eigenvalue weighted by Crippen LogP contribution is -2.38. The predicted octanol–water partition coefficient (Wildman–Crippen LogP) is 0.167. The molecule has 0 aromatic heterocycles. The van der Waals surface area contributed by atoms with Crippen LogP contribution in [0.4, 0.5) is 0 Å². The number of rotatable bonds is 3. The molecule has 0 aliphatic carbocycles. The summed E-state index contributed by atoms with van der Waals surface area (Å²) >= 11 is 0. The second-order valence-electron chi connectivity index (χ2n) is 4.71. The molecular weight excluding hydrogens is 208 g/mol. The molecule has 0 bridgehead atoms. The summed E-state index contributed by atoms with van der Waals surface area (Å²) in [4.78, 5) is 16.4. The first-order chi connectivity index (χ1) is 7.74. The molecule has 16 heavy (non-hydrogen) atoms. The molecule has 0 aromatic rings. The van der Waals surface area contributed by atoms with Crippen molar-refractivity contribution in [1.29, 1.82) is 0 Å². The number of esters is 1. The van der Waals surface area contributed by atoms with Crippen molar-refractivity contribution in [2.45, 2.75) is 19.3 Å². The van der Waals surface area contributed by atoms with E-state index in [-0.39, 0.29) is 12.6 Å². The van der Waals surface area contributed by atoms with E-state index >= 15 is 0 Å². The molecule has 0 amide bonds. The van der Waals surface area contributed by atoms with Gasteiger partial charge < -0.3 is 10.1 Å². The van der Waals surface area contributed by atoms with E-state index in [0.29, 0.717) is 5.41 Å². The predicted molar refractivity (Wildman–Crippen MR) is 58.7 cm³/mol. The molecule has 2 saturated heterocycles. The van der Waals surface area contributed by atoms with Gasteiger partial charge in [-0.2, -0.15) is 5.06 Å². The molecule has 2 rings (SSSR count). The zero-order chi connectivity index (χ0) is 11.4. The number of hydrogen-bond acceptors (Lipinski definition) is 5. The molecule has 5 heteroatoms. The smallest absolute Gasteiger partial charge is 0.333 e. The van der Waals surface area contributed by atoms with Crippen LogP contribution in [-0.2, 0) is 14.4 Å². The molecular formula is C11H20N2O3. The SMILES string of the molecule is COC(=O)CON1CCC2(CCNCC2)C1. The van der Waals surface area contributed by atoms with E-state index in [1.165, 1.54) is 26.4 Å². The van der Waals surface area contributed by atoms with Gasteiger partial charge in [0, 0.05) is 13.1 Å². The van der Waals surface area contributed by atoms with Crippen molar-refractivity contribution in [2.75, 3.05) is 39.9 Å². The van der Waals surface area contributed by atoms with Gasteiger partial charge in [0.2, 0.25) is 0 Å². The second kappa shape index (κ2) is 5.12. The maximum atomic E-state index is 11.0. The monoisotopic (exact) mass is 228 g/mol. The normalized spacial score (nSPS) is 24.8. The van der Waals surface area contributed by atoms with Crippen LogP contribution in [0.15, 0.2) is 0 Å². The fraction of sp³-hybridized carbons (Fsp3) is 0.909. The number of carbonyl (C=O) groups is 1. The first kappa shape index (κ1) is 11.8. The first-order valence-corrected chi connectivity index (χ1v) is 5.90. The molecule has 92 valence electrons. The van der Waals surface area contributed by atoms with Crippen LogP contribution in [-0.4, -0.2) is 50.9 Å². The lowest BCUT2D eigenvalue weighted by Gasteiger charge is -2.33. The Bertz CT molecular complexity index is 252. The Labute approximate surface area is 96.0 Å². The second-order valence-corrected chi connectivity index (χ2v) is 4.71. The Balaban J connectivity index is 1.76. The van der Waals surface area contributed by atoms with Gasteiger partial charge in [0.1, 0.15) is 0 Å². The third-order valence-corrected chi connectivity index (χ3v) is 3.66. The van der Waals surface area contributed by atoms with Gasteiger partial charge in [-0.1, -0.05) is 0 Å². The highest BCUT2D eigenvalue weighted by Gasteiger charge is 2.39. The third-order valence-electron chi connectivity index (χ3n) is 3.66. The van der Waals surface area contributed by atoms with Gasteiger partial charge in [0.15, 0.2) is 6.61 Å². The Hall–Kier alpha value is -0.650. The highest BCUT2D eigenvalue weighted by Crippen LogP contribution is 2.38. The highest BCUT2D eigenvalue weighted by molar-refractivity contribution is 5.70. The van der Waals surface area contributed by atoms with Gasteiger partial charge in [0.25, 0.3) is 0 Å². The van der Waals surface area contributed by atoms with Crippen molar-refractivity contribution < 1.29 is 14.4 Å². The van der Waals surface area contributed by atoms with E-state index < -0.39 is 0 Å². The molecule has 2 aliphatic heterocycles. The zero-order valence-corrected chi connectivity index (χ0v) is 9.83. The quantitative estimate of drug-likeness (QED) is 0.698. The lowest BCUT2D eigenvalue weighted by molar-refractivity contribution is -0.179. The van der Waals surface area contributed by atoms with Crippen molar-refractivity contribution in [3.63, 3.8) is 0 Å². The summed E-state index contributed by atoms with van der Waals surface area (Å²) in [5.41, 5.74) is 0.418. The molecule has 1 N–H and O–H groups in total. The maximum Gasteiger partial charge on any atom is 0.333 e. The third kappa shape index (κ3) is 2.72. The summed E-state index contributed by atoms with van der Waals surface area (Å²) in [5.74, 6) is -0.314. The van der Waals surface area contributed by atoms with E-state index in [0.717, 1.165) is 26.2 Å². The molecule has 0 atom stereocenters. The minimum absolute atomic E-state index is 0.0326. The zero-order valence-electron chi connectivity index (χ0n) is 9.83. The number of nitrogens with zero attached hydrogens (tertiary/aromatic N) is 1. The summed E-state index contributed by atoms with van der Waals surface area (Å²) in [7, 11) is 1.38. The number of ether oxygens (including phenoxy) is 1. The molecule has 2 aliphatic rings. The Morgan fingerprint density at radius 1 is 1.38 bits per heavy atom. The maximum absolute atomic E-state index is 11.0. The summed E-state index contributed by atoms with van der Waals surface area (Å²) in [6.45, 7) is 4.11. The van der Waals surface area contributed by atoms with Gasteiger partial charge in [-0.15, -0.1) is 0 Å². The minimum Gasteiger partial charge on any atom is -0.467 e. The van der Waals surface area contributed by atoms with Crippen molar-refractivity contribution in [3.05, 3.63) is 0 Å². The van der Waals surface area contributed by atoms with Gasteiger partial charge in [-0.3, -0.25) is 4.84 Å². The molecule has 1 spiro atoms. The average molecular weight is 228 g/mol. The number of piperidine rings is 1. The van der Waals surface area contributed by atoms with Crippen LogP contribution in [0.3, 0.4) is 0 Å². The van der Waals surface area contributed by atoms with Gasteiger partial charge >= 0.3 is 5.97 Å². The van der Waals surface area contributed by atoms with E-state index in [4.69, 9.17) is 4.84 Å². The van der Waals surface area contributed by atoms with Crippen LogP contribution in [0.2, 0.25) is 0 Å². The van der Waals surface area contributed by atoms with E-state index in [1.54, 1.807) is 0 Å². The van der Waals surface area contributed by atoms with Crippen LogP contribution in [0, 0.1) is 5.41 Å². The largest absolute Gasteiger partial charge is 0.467 e. The number of nitrogens with one attached hydrogen (secondary N) is 1. The molecule has 2 heterocycles. The number of hydrogen-bond donors (Lipinski definition) is 1. The molecule has 0 aromatic carbocycles. The molecule has 0 saturated carbocycles. The number of hydroxylamine groups is 2.